The smallest absolute Gasteiger partial charge is 0.326 e. The lowest BCUT2D eigenvalue weighted by Gasteiger charge is -2.23. The first-order valence-electron chi connectivity index (χ1n) is 10.6. The first kappa shape index (κ1) is 23.6. The van der Waals surface area contributed by atoms with Crippen LogP contribution in [0.5, 0.6) is 5.75 Å². The lowest BCUT2D eigenvalue weighted by Crippen LogP contribution is -2.42. The van der Waals surface area contributed by atoms with Gasteiger partial charge in [-0.15, -0.1) is 0 Å². The Morgan fingerprint density at radius 3 is 2.09 bits per heavy atom. The van der Waals surface area contributed by atoms with Crippen molar-refractivity contribution in [2.75, 3.05) is 35.7 Å². The largest absolute Gasteiger partial charge is 0.497 e. The number of nitrogens with zero attached hydrogens (tertiary/aromatic N) is 1. The van der Waals surface area contributed by atoms with E-state index < -0.39 is 11.8 Å². The molecule has 0 heterocycles. The molecule has 172 valence electrons. The number of anilines is 3. The molecule has 0 aliphatic carbocycles. The fraction of sp³-hybridized carbons (Fsp3) is 0.200. The third kappa shape index (κ3) is 6.96. The summed E-state index contributed by atoms with van der Waals surface area (Å²) in [4.78, 5) is 26.6. The maximum Gasteiger partial charge on any atom is 0.326 e. The van der Waals surface area contributed by atoms with E-state index in [9.17, 15) is 14.0 Å². The van der Waals surface area contributed by atoms with E-state index in [4.69, 9.17) is 4.74 Å². The molecule has 0 fully saturated rings. The maximum atomic E-state index is 13.4. The highest BCUT2D eigenvalue weighted by Gasteiger charge is 2.16. The summed E-state index contributed by atoms with van der Waals surface area (Å²) >= 11 is 0. The fourth-order valence-electron chi connectivity index (χ4n) is 3.11. The lowest BCUT2D eigenvalue weighted by molar-refractivity contribution is 0.250. The van der Waals surface area contributed by atoms with Gasteiger partial charge in [-0.25, -0.2) is 14.0 Å². The first-order chi connectivity index (χ1) is 16.0. The summed E-state index contributed by atoms with van der Waals surface area (Å²) in [5.74, 6) is 0.267. The van der Waals surface area contributed by atoms with Crippen molar-refractivity contribution in [2.24, 2.45) is 0 Å². The van der Waals surface area contributed by atoms with Crippen LogP contribution in [0.2, 0.25) is 0 Å². The molecule has 0 bridgehead atoms. The molecule has 0 saturated carbocycles. The maximum absolute atomic E-state index is 13.4. The van der Waals surface area contributed by atoms with Gasteiger partial charge in [-0.3, -0.25) is 4.90 Å². The molecule has 7 nitrogen and oxygen atoms in total. The van der Waals surface area contributed by atoms with E-state index in [-0.39, 0.29) is 19.1 Å². The summed E-state index contributed by atoms with van der Waals surface area (Å²) in [7, 11) is 1.56. The summed E-state index contributed by atoms with van der Waals surface area (Å²) in [6.45, 7) is 2.43. The lowest BCUT2D eigenvalue weighted by atomic mass is 10.1. The molecule has 3 aromatic carbocycles. The average molecular weight is 451 g/mol. The van der Waals surface area contributed by atoms with Gasteiger partial charge in [0.15, 0.2) is 0 Å². The zero-order valence-corrected chi connectivity index (χ0v) is 18.6. The summed E-state index contributed by atoms with van der Waals surface area (Å²) < 4.78 is 18.5. The number of carbonyl (C=O) groups is 2. The fourth-order valence-corrected chi connectivity index (χ4v) is 3.11. The quantitative estimate of drug-likeness (QED) is 0.438. The molecule has 0 aliphatic rings. The number of carbonyl (C=O) groups excluding carboxylic acids is 2. The van der Waals surface area contributed by atoms with E-state index in [1.807, 2.05) is 24.3 Å². The standard InChI is InChI=1S/C25H27FN4O3/c1-3-18-4-8-20(9-5-18)28-24(31)27-16-17-30(22-12-6-19(26)7-13-22)25(32)29-21-10-14-23(33-2)15-11-21/h4-15H,3,16-17H2,1-2H3,(H,29,32)(H2,27,28,31). The number of hydrogen-bond donors (Lipinski definition) is 3. The van der Waals surface area contributed by atoms with Crippen molar-refractivity contribution in [1.29, 1.82) is 0 Å². The number of nitrogens with one attached hydrogen (secondary N) is 3. The van der Waals surface area contributed by atoms with Crippen LogP contribution in [0.4, 0.5) is 31.0 Å². The van der Waals surface area contributed by atoms with Crippen LogP contribution in [0, 0.1) is 5.82 Å². The summed E-state index contributed by atoms with van der Waals surface area (Å²) in [6.07, 6.45) is 0.921. The zero-order valence-electron chi connectivity index (χ0n) is 18.6. The van der Waals surface area contributed by atoms with Crippen molar-refractivity contribution in [3.05, 3.63) is 84.2 Å². The van der Waals surface area contributed by atoms with Crippen LogP contribution in [-0.4, -0.2) is 32.3 Å². The zero-order chi connectivity index (χ0) is 23.6. The van der Waals surface area contributed by atoms with Gasteiger partial charge < -0.3 is 20.7 Å². The predicted molar refractivity (Wildman–Crippen MR) is 129 cm³/mol. The van der Waals surface area contributed by atoms with Crippen molar-refractivity contribution in [3.63, 3.8) is 0 Å². The summed E-state index contributed by atoms with van der Waals surface area (Å²) in [5.41, 5.74) is 2.94. The van der Waals surface area contributed by atoms with Gasteiger partial charge in [0.1, 0.15) is 11.6 Å². The van der Waals surface area contributed by atoms with Crippen LogP contribution in [0.1, 0.15) is 12.5 Å². The molecule has 3 aromatic rings. The van der Waals surface area contributed by atoms with Crippen LogP contribution in [-0.2, 0) is 6.42 Å². The van der Waals surface area contributed by atoms with E-state index in [1.165, 1.54) is 34.7 Å². The molecule has 8 heteroatoms. The van der Waals surface area contributed by atoms with Crippen molar-refractivity contribution in [1.82, 2.24) is 5.32 Å². The highest BCUT2D eigenvalue weighted by molar-refractivity contribution is 6.01. The minimum absolute atomic E-state index is 0.176. The van der Waals surface area contributed by atoms with Gasteiger partial charge >= 0.3 is 12.1 Å². The van der Waals surface area contributed by atoms with Gasteiger partial charge in [-0.2, -0.15) is 0 Å². The van der Waals surface area contributed by atoms with Gasteiger partial charge in [0.25, 0.3) is 0 Å². The van der Waals surface area contributed by atoms with Crippen LogP contribution >= 0.6 is 0 Å². The number of hydrogen-bond acceptors (Lipinski definition) is 3. The van der Waals surface area contributed by atoms with Gasteiger partial charge in [-0.1, -0.05) is 19.1 Å². The Labute approximate surface area is 192 Å². The first-order valence-corrected chi connectivity index (χ1v) is 10.6. The molecule has 4 amide bonds. The Morgan fingerprint density at radius 1 is 0.879 bits per heavy atom. The topological polar surface area (TPSA) is 82.7 Å². The number of halogens is 1. The predicted octanol–water partition coefficient (Wildman–Crippen LogP) is 5.26. The van der Waals surface area contributed by atoms with E-state index in [1.54, 1.807) is 31.4 Å². The van der Waals surface area contributed by atoms with Crippen molar-refractivity contribution < 1.29 is 18.7 Å². The molecule has 0 radical (unpaired) electrons. The molecular weight excluding hydrogens is 423 g/mol. The molecule has 0 unspecified atom stereocenters. The molecule has 0 atom stereocenters. The number of ether oxygens (including phenoxy) is 1. The summed E-state index contributed by atoms with van der Waals surface area (Å²) in [6, 6.07) is 19.3. The third-order valence-corrected chi connectivity index (χ3v) is 4.97. The Morgan fingerprint density at radius 2 is 1.48 bits per heavy atom. The Hall–Kier alpha value is -4.07. The highest BCUT2D eigenvalue weighted by atomic mass is 19.1. The van der Waals surface area contributed by atoms with Gasteiger partial charge in [-0.05, 0) is 72.6 Å². The molecular formula is C25H27FN4O3. The molecule has 3 N–H and O–H groups in total. The normalized spacial score (nSPS) is 10.3. The molecule has 3 rings (SSSR count). The number of urea groups is 2. The molecule has 0 saturated heterocycles. The number of amides is 4. The minimum atomic E-state index is -0.413. The second-order valence-electron chi connectivity index (χ2n) is 7.22. The van der Waals surface area contributed by atoms with Crippen LogP contribution in [0.15, 0.2) is 72.8 Å². The second kappa shape index (κ2) is 11.5. The van der Waals surface area contributed by atoms with Crippen LogP contribution < -0.4 is 25.6 Å². The van der Waals surface area contributed by atoms with Crippen LogP contribution in [0.3, 0.4) is 0 Å². The van der Waals surface area contributed by atoms with Crippen molar-refractivity contribution in [3.8, 4) is 5.75 Å². The van der Waals surface area contributed by atoms with Gasteiger partial charge in [0.2, 0.25) is 0 Å². The monoisotopic (exact) mass is 450 g/mol. The van der Waals surface area contributed by atoms with E-state index in [2.05, 4.69) is 22.9 Å². The van der Waals surface area contributed by atoms with Crippen molar-refractivity contribution in [2.45, 2.75) is 13.3 Å². The SMILES string of the molecule is CCc1ccc(NC(=O)NCCN(C(=O)Nc2ccc(OC)cc2)c2ccc(F)cc2)cc1. The molecule has 0 aromatic heterocycles. The minimum Gasteiger partial charge on any atom is -0.497 e. The average Bonchev–Trinajstić information content (AvgIpc) is 2.83. The Kier molecular flexibility index (Phi) is 8.24. The number of methoxy groups -OCH3 is 1. The van der Waals surface area contributed by atoms with E-state index in [0.29, 0.717) is 22.8 Å². The number of aryl methyl sites for hydroxylation is 1. The number of rotatable bonds is 8. The second-order valence-corrected chi connectivity index (χ2v) is 7.22. The van der Waals surface area contributed by atoms with Crippen LogP contribution in [0.25, 0.3) is 0 Å². The Balaban J connectivity index is 1.61. The molecule has 0 spiro atoms. The highest BCUT2D eigenvalue weighted by Crippen LogP contribution is 2.19. The Bertz CT molecular complexity index is 1050. The molecule has 0 aliphatic heterocycles. The van der Waals surface area contributed by atoms with E-state index >= 15 is 0 Å². The van der Waals surface area contributed by atoms with Crippen molar-refractivity contribution >= 4 is 29.1 Å². The summed E-state index contributed by atoms with van der Waals surface area (Å²) in [5, 5.41) is 8.31. The molecule has 33 heavy (non-hydrogen) atoms. The van der Waals surface area contributed by atoms with Gasteiger partial charge in [0.05, 0.1) is 7.11 Å². The van der Waals surface area contributed by atoms with Gasteiger partial charge in [0, 0.05) is 30.2 Å². The number of benzene rings is 3. The van der Waals surface area contributed by atoms with E-state index in [0.717, 1.165) is 6.42 Å². The third-order valence-electron chi connectivity index (χ3n) is 4.97.